The van der Waals surface area contributed by atoms with Crippen LogP contribution in [-0.4, -0.2) is 5.11 Å². The molecule has 76 valence electrons. The van der Waals surface area contributed by atoms with Crippen molar-refractivity contribution >= 4 is 0 Å². The second kappa shape index (κ2) is 4.09. The van der Waals surface area contributed by atoms with E-state index < -0.39 is 6.10 Å². The monoisotopic (exact) mass is 194 g/mol. The molecule has 1 aromatic rings. The molecule has 1 saturated carbocycles. The summed E-state index contributed by atoms with van der Waals surface area (Å²) >= 11 is 0. The lowest BCUT2D eigenvalue weighted by atomic mass is 10.0. The smallest absolute Gasteiger partial charge is 0.123 e. The minimum absolute atomic E-state index is 0.270. The average Bonchev–Trinajstić information content (AvgIpc) is 2.97. The predicted molar refractivity (Wildman–Crippen MR) is 53.3 cm³/mol. The molecule has 0 aromatic heterocycles. The molecule has 1 aromatic carbocycles. The van der Waals surface area contributed by atoms with Crippen LogP contribution in [0.1, 0.15) is 37.4 Å². The molecule has 1 atom stereocenters. The maximum Gasteiger partial charge on any atom is 0.123 e. The van der Waals surface area contributed by atoms with Crippen LogP contribution in [0.5, 0.6) is 0 Å². The largest absolute Gasteiger partial charge is 0.388 e. The molecule has 0 radical (unpaired) electrons. The van der Waals surface area contributed by atoms with Crippen LogP contribution in [0, 0.1) is 11.7 Å². The van der Waals surface area contributed by atoms with Gasteiger partial charge < -0.3 is 5.11 Å². The molecule has 1 aliphatic carbocycles. The van der Waals surface area contributed by atoms with Crippen LogP contribution >= 0.6 is 0 Å². The summed E-state index contributed by atoms with van der Waals surface area (Å²) in [5.41, 5.74) is 0.700. The van der Waals surface area contributed by atoms with Crippen molar-refractivity contribution in [2.24, 2.45) is 5.92 Å². The summed E-state index contributed by atoms with van der Waals surface area (Å²) < 4.78 is 12.8. The molecule has 0 bridgehead atoms. The summed E-state index contributed by atoms with van der Waals surface area (Å²) in [6.07, 6.45) is 3.93. The van der Waals surface area contributed by atoms with Crippen LogP contribution in [0.2, 0.25) is 0 Å². The van der Waals surface area contributed by atoms with Gasteiger partial charge in [-0.3, -0.25) is 0 Å². The Morgan fingerprint density at radius 1 is 1.43 bits per heavy atom. The van der Waals surface area contributed by atoms with Gasteiger partial charge in [0, 0.05) is 0 Å². The molecule has 2 heteroatoms. The standard InChI is InChI=1S/C12H15FO/c13-11-3-1-2-10(8-11)12(14)7-6-9-4-5-9/h1-3,8-9,12,14H,4-7H2. The zero-order valence-electron chi connectivity index (χ0n) is 8.12. The fraction of sp³-hybridized carbons (Fsp3) is 0.500. The van der Waals surface area contributed by atoms with Gasteiger partial charge in [0.25, 0.3) is 0 Å². The maximum absolute atomic E-state index is 12.8. The lowest BCUT2D eigenvalue weighted by Gasteiger charge is -2.10. The lowest BCUT2D eigenvalue weighted by Crippen LogP contribution is -1.98. The molecule has 2 rings (SSSR count). The summed E-state index contributed by atoms with van der Waals surface area (Å²) in [6, 6.07) is 6.24. The Bertz CT molecular complexity index is 307. The number of benzene rings is 1. The second-order valence-electron chi connectivity index (χ2n) is 4.09. The van der Waals surface area contributed by atoms with Crippen molar-refractivity contribution in [1.29, 1.82) is 0 Å². The van der Waals surface area contributed by atoms with Crippen molar-refractivity contribution in [2.45, 2.75) is 31.8 Å². The molecule has 14 heavy (non-hydrogen) atoms. The molecule has 1 aliphatic rings. The first kappa shape index (κ1) is 9.66. The fourth-order valence-electron chi connectivity index (χ4n) is 1.68. The van der Waals surface area contributed by atoms with Gasteiger partial charge in [-0.25, -0.2) is 4.39 Å². The van der Waals surface area contributed by atoms with E-state index in [0.29, 0.717) is 5.56 Å². The summed E-state index contributed by atoms with van der Waals surface area (Å²) in [4.78, 5) is 0. The Morgan fingerprint density at radius 3 is 2.86 bits per heavy atom. The number of hydrogen-bond acceptors (Lipinski definition) is 1. The third-order valence-electron chi connectivity index (χ3n) is 2.78. The van der Waals surface area contributed by atoms with Crippen LogP contribution in [-0.2, 0) is 0 Å². The van der Waals surface area contributed by atoms with E-state index in [-0.39, 0.29) is 5.82 Å². The SMILES string of the molecule is OC(CCC1CC1)c1cccc(F)c1. The van der Waals surface area contributed by atoms with Crippen LogP contribution in [0.25, 0.3) is 0 Å². The van der Waals surface area contributed by atoms with Gasteiger partial charge in [0.05, 0.1) is 6.10 Å². The van der Waals surface area contributed by atoms with Gasteiger partial charge in [0.1, 0.15) is 5.82 Å². The van der Waals surface area contributed by atoms with E-state index in [1.807, 2.05) is 0 Å². The molecule has 0 amide bonds. The lowest BCUT2D eigenvalue weighted by molar-refractivity contribution is 0.162. The Labute approximate surface area is 83.6 Å². The molecular weight excluding hydrogens is 179 g/mol. The highest BCUT2D eigenvalue weighted by molar-refractivity contribution is 5.18. The molecule has 1 unspecified atom stereocenters. The summed E-state index contributed by atoms with van der Waals surface area (Å²) in [7, 11) is 0. The molecule has 1 N–H and O–H groups in total. The van der Waals surface area contributed by atoms with Crippen molar-refractivity contribution in [3.63, 3.8) is 0 Å². The summed E-state index contributed by atoms with van der Waals surface area (Å²) in [5.74, 6) is 0.547. The third kappa shape index (κ3) is 2.55. The van der Waals surface area contributed by atoms with Gasteiger partial charge in [0.15, 0.2) is 0 Å². The van der Waals surface area contributed by atoms with E-state index >= 15 is 0 Å². The number of rotatable bonds is 4. The van der Waals surface area contributed by atoms with Crippen molar-refractivity contribution in [1.82, 2.24) is 0 Å². The Hall–Kier alpha value is -0.890. The Morgan fingerprint density at radius 2 is 2.21 bits per heavy atom. The van der Waals surface area contributed by atoms with Crippen molar-refractivity contribution in [3.8, 4) is 0 Å². The van der Waals surface area contributed by atoms with E-state index in [1.54, 1.807) is 12.1 Å². The molecule has 1 fully saturated rings. The first-order valence-corrected chi connectivity index (χ1v) is 5.19. The van der Waals surface area contributed by atoms with Crippen molar-refractivity contribution < 1.29 is 9.50 Å². The van der Waals surface area contributed by atoms with E-state index in [9.17, 15) is 9.50 Å². The molecule has 0 spiro atoms. The van der Waals surface area contributed by atoms with Gasteiger partial charge >= 0.3 is 0 Å². The average molecular weight is 194 g/mol. The predicted octanol–water partition coefficient (Wildman–Crippen LogP) is 3.05. The number of aliphatic hydroxyl groups is 1. The van der Waals surface area contributed by atoms with Gasteiger partial charge in [-0.2, -0.15) is 0 Å². The minimum atomic E-state index is -0.494. The van der Waals surface area contributed by atoms with E-state index in [0.717, 1.165) is 18.8 Å². The van der Waals surface area contributed by atoms with E-state index in [1.165, 1.54) is 25.0 Å². The van der Waals surface area contributed by atoms with Crippen LogP contribution in [0.15, 0.2) is 24.3 Å². The highest BCUT2D eigenvalue weighted by Gasteiger charge is 2.22. The Balaban J connectivity index is 1.91. The van der Waals surface area contributed by atoms with Crippen molar-refractivity contribution in [2.75, 3.05) is 0 Å². The van der Waals surface area contributed by atoms with Gasteiger partial charge in [-0.05, 0) is 36.5 Å². The highest BCUT2D eigenvalue weighted by atomic mass is 19.1. The second-order valence-corrected chi connectivity index (χ2v) is 4.09. The van der Waals surface area contributed by atoms with Gasteiger partial charge in [0.2, 0.25) is 0 Å². The van der Waals surface area contributed by atoms with Gasteiger partial charge in [-0.15, -0.1) is 0 Å². The molecule has 0 heterocycles. The fourth-order valence-corrected chi connectivity index (χ4v) is 1.68. The summed E-state index contributed by atoms with van der Waals surface area (Å²) in [5, 5.41) is 9.75. The number of halogens is 1. The molecule has 0 saturated heterocycles. The van der Waals surface area contributed by atoms with Crippen LogP contribution in [0.4, 0.5) is 4.39 Å². The number of aliphatic hydroxyl groups excluding tert-OH is 1. The zero-order valence-corrected chi connectivity index (χ0v) is 8.12. The minimum Gasteiger partial charge on any atom is -0.388 e. The van der Waals surface area contributed by atoms with Crippen molar-refractivity contribution in [3.05, 3.63) is 35.6 Å². The van der Waals surface area contributed by atoms with E-state index in [2.05, 4.69) is 0 Å². The quantitative estimate of drug-likeness (QED) is 0.781. The molecular formula is C12H15FO. The third-order valence-corrected chi connectivity index (χ3v) is 2.78. The highest BCUT2D eigenvalue weighted by Crippen LogP contribution is 2.35. The van der Waals surface area contributed by atoms with E-state index in [4.69, 9.17) is 0 Å². The van der Waals surface area contributed by atoms with Crippen LogP contribution in [0.3, 0.4) is 0 Å². The first-order valence-electron chi connectivity index (χ1n) is 5.19. The summed E-state index contributed by atoms with van der Waals surface area (Å²) in [6.45, 7) is 0. The van der Waals surface area contributed by atoms with Crippen LogP contribution < -0.4 is 0 Å². The topological polar surface area (TPSA) is 20.2 Å². The normalized spacial score (nSPS) is 18.1. The number of hydrogen-bond donors (Lipinski definition) is 1. The molecule has 0 aliphatic heterocycles. The van der Waals surface area contributed by atoms with Gasteiger partial charge in [-0.1, -0.05) is 25.0 Å². The maximum atomic E-state index is 12.8. The Kier molecular flexibility index (Phi) is 2.82. The zero-order chi connectivity index (χ0) is 9.97. The first-order chi connectivity index (χ1) is 6.75. The molecule has 1 nitrogen and oxygen atoms in total.